The maximum Gasteiger partial charge on any atom is 0.145 e. The second-order valence-corrected chi connectivity index (χ2v) is 4.44. The predicted octanol–water partition coefficient (Wildman–Crippen LogP) is 3.69. The van der Waals surface area contributed by atoms with Gasteiger partial charge in [0.1, 0.15) is 17.8 Å². The van der Waals surface area contributed by atoms with E-state index >= 15 is 0 Å². The topological polar surface area (TPSA) is 69.6 Å². The van der Waals surface area contributed by atoms with Gasteiger partial charge >= 0.3 is 0 Å². The van der Waals surface area contributed by atoms with E-state index in [1.54, 1.807) is 6.20 Å². The molecule has 5 nitrogen and oxygen atoms in total. The van der Waals surface area contributed by atoms with Crippen LogP contribution in [0.1, 0.15) is 45.7 Å². The highest BCUT2D eigenvalue weighted by Gasteiger charge is 2.12. The normalized spacial score (nSPS) is 9.21. The average molecular weight is 324 g/mol. The lowest BCUT2D eigenvalue weighted by Crippen LogP contribution is -1.96. The minimum Gasteiger partial charge on any atom is -0.383 e. The fraction of sp³-hybridized carbons (Fsp3) is 0.389. The van der Waals surface area contributed by atoms with E-state index in [1.165, 1.54) is 6.33 Å². The van der Waals surface area contributed by atoms with Crippen LogP contribution in [0.3, 0.4) is 0 Å². The summed E-state index contributed by atoms with van der Waals surface area (Å²) in [4.78, 5) is 12.6. The molecule has 2 N–H and O–H groups in total. The van der Waals surface area contributed by atoms with Crippen LogP contribution < -0.4 is 5.73 Å². The molecule has 0 aliphatic heterocycles. The Morgan fingerprint density at radius 1 is 1.12 bits per heavy atom. The number of aromatic nitrogens is 4. The van der Waals surface area contributed by atoms with Crippen LogP contribution in [0.25, 0.3) is 11.0 Å². The van der Waals surface area contributed by atoms with E-state index < -0.39 is 0 Å². The first-order chi connectivity index (χ1) is 11.3. The van der Waals surface area contributed by atoms with Gasteiger partial charge in [-0.1, -0.05) is 33.8 Å². The first-order valence-electron chi connectivity index (χ1n) is 8.26. The Morgan fingerprint density at radius 3 is 2.42 bits per heavy atom. The quantitative estimate of drug-likeness (QED) is 0.746. The van der Waals surface area contributed by atoms with Crippen molar-refractivity contribution in [3.8, 4) is 0 Å². The van der Waals surface area contributed by atoms with Crippen LogP contribution >= 0.6 is 0 Å². The lowest BCUT2D eigenvalue weighted by molar-refractivity contribution is 0.783. The van der Waals surface area contributed by atoms with Gasteiger partial charge in [0.25, 0.3) is 0 Å². The number of hydrogen-bond acceptors (Lipinski definition) is 4. The molecule has 3 aromatic rings. The number of fused-ring (bicyclic) bond motifs is 1. The molecule has 24 heavy (non-hydrogen) atoms. The first kappa shape index (κ1) is 21.6. The summed E-state index contributed by atoms with van der Waals surface area (Å²) in [5, 5.41) is 0.952. The fourth-order valence-electron chi connectivity index (χ4n) is 2.33. The van der Waals surface area contributed by atoms with Crippen molar-refractivity contribution in [2.75, 3.05) is 5.73 Å². The molecule has 6 heteroatoms. The molecule has 3 aromatic heterocycles. The smallest absolute Gasteiger partial charge is 0.145 e. The number of rotatable bonds is 3. The summed E-state index contributed by atoms with van der Waals surface area (Å²) in [6, 6.07) is 4.00. The molecule has 0 amide bonds. The third-order valence-electron chi connectivity index (χ3n) is 3.22. The van der Waals surface area contributed by atoms with E-state index in [0.29, 0.717) is 5.82 Å². The maximum absolute atomic E-state index is 6.00. The maximum atomic E-state index is 6.00. The van der Waals surface area contributed by atoms with Crippen LogP contribution in [0.5, 0.6) is 0 Å². The monoisotopic (exact) mass is 324 g/mol. The summed E-state index contributed by atoms with van der Waals surface area (Å²) in [6.07, 6.45) is 8.04. The summed E-state index contributed by atoms with van der Waals surface area (Å²) in [7, 11) is 0. The molecule has 0 aromatic carbocycles. The number of aryl methyl sites for hydroxylation is 1. The standard InChI is InChI=1S/C14H15N5.2C2H6.B/c1-2-19-8-11(6-10-4-3-5-16-7-10)12-13(15)17-9-18-14(12)19;2*1-2;/h3-5,7-9H,2,6H2,1H3,(H2,15,17,18);2*1-2H3;. The second kappa shape index (κ2) is 11.2. The largest absolute Gasteiger partial charge is 0.383 e. The number of hydrogen-bond donors (Lipinski definition) is 1. The lowest BCUT2D eigenvalue weighted by atomic mass is 10.1. The van der Waals surface area contributed by atoms with Crippen molar-refractivity contribution in [1.82, 2.24) is 19.5 Å². The lowest BCUT2D eigenvalue weighted by Gasteiger charge is -2.01. The van der Waals surface area contributed by atoms with E-state index in [-0.39, 0.29) is 8.41 Å². The first-order valence-corrected chi connectivity index (χ1v) is 8.26. The van der Waals surface area contributed by atoms with E-state index in [4.69, 9.17) is 5.73 Å². The Balaban J connectivity index is 0.000000987. The molecule has 3 radical (unpaired) electrons. The van der Waals surface area contributed by atoms with Crippen LogP contribution in [0.2, 0.25) is 0 Å². The second-order valence-electron chi connectivity index (χ2n) is 4.44. The van der Waals surface area contributed by atoms with Crippen molar-refractivity contribution in [3.05, 3.63) is 48.2 Å². The predicted molar refractivity (Wildman–Crippen MR) is 103 cm³/mol. The average Bonchev–Trinajstić information content (AvgIpc) is 2.98. The molecule has 3 rings (SSSR count). The van der Waals surface area contributed by atoms with E-state index in [0.717, 1.165) is 35.1 Å². The van der Waals surface area contributed by atoms with Gasteiger partial charge < -0.3 is 10.3 Å². The number of nitrogen functional groups attached to an aromatic ring is 1. The number of nitrogens with two attached hydrogens (primary N) is 1. The van der Waals surface area contributed by atoms with Crippen molar-refractivity contribution in [2.45, 2.75) is 47.6 Å². The minimum absolute atomic E-state index is 0. The summed E-state index contributed by atoms with van der Waals surface area (Å²) < 4.78 is 2.10. The molecular formula is C18H27BN5. The number of pyridine rings is 1. The molecular weight excluding hydrogens is 297 g/mol. The molecule has 0 spiro atoms. The highest BCUT2D eigenvalue weighted by Crippen LogP contribution is 2.25. The number of anilines is 1. The van der Waals surface area contributed by atoms with Crippen molar-refractivity contribution >= 4 is 25.3 Å². The van der Waals surface area contributed by atoms with Crippen LogP contribution in [0, 0.1) is 0 Å². The number of nitrogens with zero attached hydrogens (tertiary/aromatic N) is 4. The zero-order chi connectivity index (χ0) is 17.2. The molecule has 127 valence electrons. The van der Waals surface area contributed by atoms with E-state index in [2.05, 4.69) is 38.7 Å². The molecule has 0 bridgehead atoms. The third kappa shape index (κ3) is 4.81. The van der Waals surface area contributed by atoms with Crippen LogP contribution in [-0.2, 0) is 13.0 Å². The SMILES string of the molecule is CC.CC.CCn1cc(Cc2cccnc2)c2c(N)ncnc21.[B]. The zero-order valence-corrected chi connectivity index (χ0v) is 15.3. The Bertz CT molecular complexity index is 710. The highest BCUT2D eigenvalue weighted by atomic mass is 15.1. The molecule has 0 aliphatic rings. The van der Waals surface area contributed by atoms with Gasteiger partial charge in [0, 0.05) is 40.0 Å². The molecule has 3 heterocycles. The van der Waals surface area contributed by atoms with Gasteiger partial charge in [0.05, 0.1) is 5.39 Å². The Labute approximate surface area is 146 Å². The Hall–Kier alpha value is -2.37. The van der Waals surface area contributed by atoms with Gasteiger partial charge in [-0.05, 0) is 24.1 Å². The van der Waals surface area contributed by atoms with Gasteiger partial charge in [-0.15, -0.1) is 0 Å². The Morgan fingerprint density at radius 2 is 1.83 bits per heavy atom. The molecule has 0 fully saturated rings. The summed E-state index contributed by atoms with van der Waals surface area (Å²) in [6.45, 7) is 10.9. The van der Waals surface area contributed by atoms with Gasteiger partial charge in [0.2, 0.25) is 0 Å². The minimum atomic E-state index is 0. The van der Waals surface area contributed by atoms with Gasteiger partial charge in [-0.2, -0.15) is 0 Å². The van der Waals surface area contributed by atoms with Crippen LogP contribution in [0.15, 0.2) is 37.1 Å². The van der Waals surface area contributed by atoms with Gasteiger partial charge in [-0.3, -0.25) is 4.98 Å². The highest BCUT2D eigenvalue weighted by molar-refractivity contribution is 5.90. The summed E-state index contributed by atoms with van der Waals surface area (Å²) in [5.74, 6) is 0.538. The van der Waals surface area contributed by atoms with E-state index in [1.807, 2.05) is 40.0 Å². The van der Waals surface area contributed by atoms with Crippen molar-refractivity contribution in [1.29, 1.82) is 0 Å². The van der Waals surface area contributed by atoms with Crippen LogP contribution in [0.4, 0.5) is 5.82 Å². The van der Waals surface area contributed by atoms with Gasteiger partial charge in [0.15, 0.2) is 0 Å². The fourth-order valence-corrected chi connectivity index (χ4v) is 2.33. The van der Waals surface area contributed by atoms with Gasteiger partial charge in [-0.25, -0.2) is 9.97 Å². The van der Waals surface area contributed by atoms with Crippen LogP contribution in [-0.4, -0.2) is 27.9 Å². The van der Waals surface area contributed by atoms with Crippen molar-refractivity contribution < 1.29 is 0 Å². The summed E-state index contributed by atoms with van der Waals surface area (Å²) in [5.41, 5.74) is 9.19. The van der Waals surface area contributed by atoms with Crippen molar-refractivity contribution in [2.24, 2.45) is 0 Å². The molecule has 0 aliphatic carbocycles. The summed E-state index contributed by atoms with van der Waals surface area (Å²) >= 11 is 0. The zero-order valence-electron chi connectivity index (χ0n) is 15.3. The molecule has 0 atom stereocenters. The van der Waals surface area contributed by atoms with Crippen molar-refractivity contribution in [3.63, 3.8) is 0 Å². The Kier molecular flexibility index (Phi) is 10.1. The third-order valence-corrected chi connectivity index (χ3v) is 3.22. The van der Waals surface area contributed by atoms with E-state index in [9.17, 15) is 0 Å². The molecule has 0 unspecified atom stereocenters. The molecule has 0 saturated heterocycles. The molecule has 0 saturated carbocycles.